The van der Waals surface area contributed by atoms with Crippen LogP contribution in [0.15, 0.2) is 24.3 Å². The number of piperidine rings is 1. The zero-order valence-corrected chi connectivity index (χ0v) is 12.6. The number of anilines is 1. The van der Waals surface area contributed by atoms with E-state index in [2.05, 4.69) is 13.8 Å². The number of benzene rings is 1. The third kappa shape index (κ3) is 3.99. The van der Waals surface area contributed by atoms with E-state index in [1.807, 2.05) is 29.2 Å². The maximum absolute atomic E-state index is 12.2. The second-order valence-corrected chi connectivity index (χ2v) is 6.20. The number of carbonyl (C=O) groups excluding carboxylic acids is 1. The van der Waals surface area contributed by atoms with E-state index in [1.54, 1.807) is 0 Å². The van der Waals surface area contributed by atoms with Crippen molar-refractivity contribution in [3.8, 4) is 0 Å². The van der Waals surface area contributed by atoms with Gasteiger partial charge in [-0.1, -0.05) is 26.0 Å². The van der Waals surface area contributed by atoms with E-state index in [-0.39, 0.29) is 0 Å². The molecule has 110 valence electrons. The van der Waals surface area contributed by atoms with Crippen molar-refractivity contribution < 1.29 is 4.79 Å². The molecule has 0 spiro atoms. The first-order valence-corrected chi connectivity index (χ1v) is 7.68. The number of hydrogen-bond donors (Lipinski definition) is 1. The SMILES string of the molecule is CC(C)C1CCN(C(=O)CCc2ccc(N)cc2)CC1. The summed E-state index contributed by atoms with van der Waals surface area (Å²) in [4.78, 5) is 14.3. The number of nitrogens with two attached hydrogens (primary N) is 1. The first-order valence-electron chi connectivity index (χ1n) is 7.68. The smallest absolute Gasteiger partial charge is 0.222 e. The normalized spacial score (nSPS) is 16.6. The van der Waals surface area contributed by atoms with Crippen LogP contribution in [-0.2, 0) is 11.2 Å². The van der Waals surface area contributed by atoms with Crippen LogP contribution >= 0.6 is 0 Å². The molecule has 0 unspecified atom stereocenters. The maximum atomic E-state index is 12.2. The molecular formula is C17H26N2O. The molecule has 2 N–H and O–H groups in total. The molecule has 3 heteroatoms. The van der Waals surface area contributed by atoms with Crippen LogP contribution in [0.2, 0.25) is 0 Å². The Labute approximate surface area is 122 Å². The van der Waals surface area contributed by atoms with Crippen LogP contribution in [0.1, 0.15) is 38.7 Å². The largest absolute Gasteiger partial charge is 0.399 e. The second kappa shape index (κ2) is 6.78. The maximum Gasteiger partial charge on any atom is 0.222 e. The van der Waals surface area contributed by atoms with Gasteiger partial charge >= 0.3 is 0 Å². The van der Waals surface area contributed by atoms with Crippen molar-refractivity contribution in [1.29, 1.82) is 0 Å². The summed E-state index contributed by atoms with van der Waals surface area (Å²) in [6.45, 7) is 6.43. The highest BCUT2D eigenvalue weighted by Gasteiger charge is 2.24. The third-order valence-corrected chi connectivity index (χ3v) is 4.44. The summed E-state index contributed by atoms with van der Waals surface area (Å²) in [6.07, 6.45) is 3.73. The number of aryl methyl sites for hydroxylation is 1. The molecule has 0 saturated carbocycles. The summed E-state index contributed by atoms with van der Waals surface area (Å²) >= 11 is 0. The van der Waals surface area contributed by atoms with Crippen molar-refractivity contribution in [3.63, 3.8) is 0 Å². The molecule has 1 saturated heterocycles. The van der Waals surface area contributed by atoms with E-state index in [0.717, 1.165) is 49.9 Å². The molecule has 3 nitrogen and oxygen atoms in total. The molecule has 1 aromatic carbocycles. The van der Waals surface area contributed by atoms with Gasteiger partial charge in [-0.05, 0) is 48.8 Å². The standard InChI is InChI=1S/C17H26N2O/c1-13(2)15-9-11-19(12-10-15)17(20)8-5-14-3-6-16(18)7-4-14/h3-4,6-7,13,15H,5,8-12,18H2,1-2H3. The van der Waals surface area contributed by atoms with Gasteiger partial charge in [-0.15, -0.1) is 0 Å². The Bertz CT molecular complexity index is 431. The molecule has 1 aliphatic rings. The van der Waals surface area contributed by atoms with Crippen molar-refractivity contribution in [2.75, 3.05) is 18.8 Å². The summed E-state index contributed by atoms with van der Waals surface area (Å²) in [5.74, 6) is 1.82. The highest BCUT2D eigenvalue weighted by Crippen LogP contribution is 2.24. The van der Waals surface area contributed by atoms with Gasteiger partial charge in [-0.3, -0.25) is 4.79 Å². The van der Waals surface area contributed by atoms with Gasteiger partial charge in [0.2, 0.25) is 5.91 Å². The molecule has 1 fully saturated rings. The molecular weight excluding hydrogens is 248 g/mol. The summed E-state index contributed by atoms with van der Waals surface area (Å²) in [6, 6.07) is 7.81. The Morgan fingerprint density at radius 2 is 1.85 bits per heavy atom. The van der Waals surface area contributed by atoms with Gasteiger partial charge in [-0.2, -0.15) is 0 Å². The zero-order chi connectivity index (χ0) is 14.5. The number of nitrogen functional groups attached to an aromatic ring is 1. The van der Waals surface area contributed by atoms with Crippen LogP contribution in [-0.4, -0.2) is 23.9 Å². The lowest BCUT2D eigenvalue weighted by Gasteiger charge is -2.34. The van der Waals surface area contributed by atoms with Gasteiger partial charge in [0, 0.05) is 25.2 Å². The topological polar surface area (TPSA) is 46.3 Å². The highest BCUT2D eigenvalue weighted by molar-refractivity contribution is 5.76. The summed E-state index contributed by atoms with van der Waals surface area (Å²) in [7, 11) is 0. The van der Waals surface area contributed by atoms with Gasteiger partial charge in [0.15, 0.2) is 0 Å². The lowest BCUT2D eigenvalue weighted by Crippen LogP contribution is -2.39. The number of likely N-dealkylation sites (tertiary alicyclic amines) is 1. The lowest BCUT2D eigenvalue weighted by molar-refractivity contribution is -0.132. The van der Waals surface area contributed by atoms with Crippen molar-refractivity contribution in [1.82, 2.24) is 4.90 Å². The number of nitrogens with zero attached hydrogens (tertiary/aromatic N) is 1. The van der Waals surface area contributed by atoms with Gasteiger partial charge in [0.05, 0.1) is 0 Å². The molecule has 20 heavy (non-hydrogen) atoms. The third-order valence-electron chi connectivity index (χ3n) is 4.44. The Morgan fingerprint density at radius 3 is 2.40 bits per heavy atom. The first kappa shape index (κ1) is 14.9. The fraction of sp³-hybridized carbons (Fsp3) is 0.588. The van der Waals surface area contributed by atoms with Crippen LogP contribution < -0.4 is 5.73 Å². The van der Waals surface area contributed by atoms with Crippen molar-refractivity contribution in [3.05, 3.63) is 29.8 Å². The quantitative estimate of drug-likeness (QED) is 0.858. The second-order valence-electron chi connectivity index (χ2n) is 6.20. The van der Waals surface area contributed by atoms with Crippen LogP contribution in [0.4, 0.5) is 5.69 Å². The fourth-order valence-corrected chi connectivity index (χ4v) is 2.91. The van der Waals surface area contributed by atoms with Gasteiger partial charge in [0.25, 0.3) is 0 Å². The Balaban J connectivity index is 1.77. The number of hydrogen-bond acceptors (Lipinski definition) is 2. The summed E-state index contributed by atoms with van der Waals surface area (Å²) in [5, 5.41) is 0. The minimum Gasteiger partial charge on any atom is -0.399 e. The molecule has 0 atom stereocenters. The van der Waals surface area contributed by atoms with E-state index >= 15 is 0 Å². The minimum atomic E-state index is 0.295. The summed E-state index contributed by atoms with van der Waals surface area (Å²) < 4.78 is 0. The van der Waals surface area contributed by atoms with E-state index < -0.39 is 0 Å². The fourth-order valence-electron chi connectivity index (χ4n) is 2.91. The van der Waals surface area contributed by atoms with E-state index in [1.165, 1.54) is 5.56 Å². The molecule has 1 aliphatic heterocycles. The predicted octanol–water partition coefficient (Wildman–Crippen LogP) is 3.10. The Morgan fingerprint density at radius 1 is 1.25 bits per heavy atom. The van der Waals surface area contributed by atoms with Crippen LogP contribution in [0.25, 0.3) is 0 Å². The lowest BCUT2D eigenvalue weighted by atomic mass is 9.86. The van der Waals surface area contributed by atoms with Crippen LogP contribution in [0.5, 0.6) is 0 Å². The average molecular weight is 274 g/mol. The number of amides is 1. The molecule has 1 heterocycles. The Kier molecular flexibility index (Phi) is 5.05. The van der Waals surface area contributed by atoms with Gasteiger partial charge < -0.3 is 10.6 Å². The molecule has 1 aromatic rings. The van der Waals surface area contributed by atoms with E-state index in [9.17, 15) is 4.79 Å². The van der Waals surface area contributed by atoms with E-state index in [4.69, 9.17) is 5.73 Å². The number of carbonyl (C=O) groups is 1. The van der Waals surface area contributed by atoms with Crippen LogP contribution in [0, 0.1) is 11.8 Å². The predicted molar refractivity (Wildman–Crippen MR) is 83.3 cm³/mol. The monoisotopic (exact) mass is 274 g/mol. The first-order chi connectivity index (χ1) is 9.56. The van der Waals surface area contributed by atoms with Gasteiger partial charge in [-0.25, -0.2) is 0 Å². The van der Waals surface area contributed by atoms with Gasteiger partial charge in [0.1, 0.15) is 0 Å². The summed E-state index contributed by atoms with van der Waals surface area (Å²) in [5.41, 5.74) is 7.62. The molecule has 1 amide bonds. The van der Waals surface area contributed by atoms with E-state index in [0.29, 0.717) is 12.3 Å². The molecule has 0 aromatic heterocycles. The van der Waals surface area contributed by atoms with Crippen molar-refractivity contribution in [2.24, 2.45) is 11.8 Å². The molecule has 0 radical (unpaired) electrons. The number of rotatable bonds is 4. The highest BCUT2D eigenvalue weighted by atomic mass is 16.2. The van der Waals surface area contributed by atoms with Crippen molar-refractivity contribution in [2.45, 2.75) is 39.5 Å². The average Bonchev–Trinajstić information content (AvgIpc) is 2.46. The van der Waals surface area contributed by atoms with Crippen molar-refractivity contribution >= 4 is 11.6 Å². The van der Waals surface area contributed by atoms with Crippen LogP contribution in [0.3, 0.4) is 0 Å². The molecule has 0 aliphatic carbocycles. The minimum absolute atomic E-state index is 0.295. The zero-order valence-electron chi connectivity index (χ0n) is 12.6. The Hall–Kier alpha value is -1.51. The molecule has 0 bridgehead atoms. The molecule has 2 rings (SSSR count).